The van der Waals surface area contributed by atoms with Crippen LogP contribution in [0.3, 0.4) is 0 Å². The molecule has 0 radical (unpaired) electrons. The monoisotopic (exact) mass is 1490 g/mol. The summed E-state index contributed by atoms with van der Waals surface area (Å²) in [5.41, 5.74) is 0.914. The highest BCUT2D eigenvalue weighted by atomic mass is 32.2. The number of carbonyl (C=O) groups excluding carboxylic acids is 4. The highest BCUT2D eigenvalue weighted by Gasteiger charge is 2.44. The van der Waals surface area contributed by atoms with E-state index in [0.717, 1.165) is 70.8 Å². The van der Waals surface area contributed by atoms with Gasteiger partial charge in [0.05, 0.1) is 112 Å². The number of amides is 4. The molecule has 4 aromatic carbocycles. The highest BCUT2D eigenvalue weighted by Crippen LogP contribution is 2.45. The molecule has 530 valence electrons. The molecule has 34 nitrogen and oxygen atoms in total. The van der Waals surface area contributed by atoms with Crippen LogP contribution in [0.25, 0.3) is 17.0 Å². The summed E-state index contributed by atoms with van der Waals surface area (Å²) in [5, 5.41) is 46.2. The van der Waals surface area contributed by atoms with Crippen LogP contribution < -0.4 is 39.7 Å². The first kappa shape index (κ1) is 72.8. The van der Waals surface area contributed by atoms with Crippen molar-refractivity contribution in [1.82, 2.24) is 34.7 Å². The van der Waals surface area contributed by atoms with Gasteiger partial charge >= 0.3 is 11.8 Å². The van der Waals surface area contributed by atoms with E-state index in [0.29, 0.717) is 144 Å². The predicted molar refractivity (Wildman–Crippen MR) is 378 cm³/mol. The number of rotatable bonds is 27. The summed E-state index contributed by atoms with van der Waals surface area (Å²) >= 11 is 3.11. The maximum Gasteiger partial charge on any atom is 0.334 e. The topological polar surface area (TPSA) is 420 Å². The van der Waals surface area contributed by atoms with E-state index in [-0.39, 0.29) is 73.3 Å². The highest BCUT2D eigenvalue weighted by molar-refractivity contribution is 7.99. The van der Waals surface area contributed by atoms with Gasteiger partial charge in [-0.3, -0.25) is 18.7 Å². The summed E-state index contributed by atoms with van der Waals surface area (Å²) in [4.78, 5) is 91.2. The number of benzene rings is 4. The standard InChI is InChI=1S/C63H63N19O15S5/c1-8-77(9-2)46-29-42(44(31-48(46)94-6)73-75-62-68-53(79-16-21-96-22-17-79)50(99-62)26-35(34-64)81-55(84)38-14-12-36(101(88,89)90)27-40(38)57(81)86)66-59-70-60(72-61(71-59)98-25-20-83)67-43-30-47(78(10-3)11-4)49(95-7)32-45(43)74-76-63-69-54(80-18-23-97-24-19-80)51(100-63)33-52(65-5)82-56(85)39-15-13-37(102(91,92)93)28-41(39)58(82)87/h12-15,26-33,83H,8-11,16-25H2,1-4,6-7H3,(H,88,89,90)(H,91,92,93)(H2,66,67,70,71,72)/b35-26+,52-33+,75-73?,76-74?. The second kappa shape index (κ2) is 31.2. The number of anilines is 8. The summed E-state index contributed by atoms with van der Waals surface area (Å²) < 4.78 is 90.5. The second-order valence-electron chi connectivity index (χ2n) is 22.0. The number of morpholine rings is 2. The van der Waals surface area contributed by atoms with Crippen LogP contribution in [-0.2, 0) is 29.7 Å². The van der Waals surface area contributed by atoms with Gasteiger partial charge in [-0.25, -0.2) is 14.5 Å². The number of fused-ring (bicyclic) bond motifs is 2. The smallest absolute Gasteiger partial charge is 0.334 e. The van der Waals surface area contributed by atoms with E-state index in [1.54, 1.807) is 24.3 Å². The molecule has 0 bridgehead atoms. The van der Waals surface area contributed by atoms with E-state index < -0.39 is 65.2 Å². The predicted octanol–water partition coefficient (Wildman–Crippen LogP) is 9.74. The lowest BCUT2D eigenvalue weighted by Gasteiger charge is -2.27. The zero-order chi connectivity index (χ0) is 72.7. The SMILES string of the molecule is [C-]#[N+]/C(=C\c1sc(N=Nc2cc(OC)c(N(CC)CC)cc2Nc2nc(Nc3cc(N(CC)CC)c(OC)cc3N=Nc3nc(N4CCOCC4)c(/C=C(\C#N)N4C(=O)c5ccc(S(=O)(=O)O)cc5C4=O)s3)nc(SCCO)n2)nc1N1CCOCC1)N1C(=O)c2ccc(S(=O)(=O)O)cc2C1=O. The Labute approximate surface area is 596 Å². The lowest BCUT2D eigenvalue weighted by atomic mass is 10.1. The Morgan fingerprint density at radius 1 is 0.647 bits per heavy atom. The lowest BCUT2D eigenvalue weighted by molar-refractivity contribution is 0.0695. The van der Waals surface area contributed by atoms with Crippen molar-refractivity contribution in [1.29, 1.82) is 5.26 Å². The van der Waals surface area contributed by atoms with E-state index in [2.05, 4.69) is 25.7 Å². The summed E-state index contributed by atoms with van der Waals surface area (Å²) in [7, 11) is -6.50. The number of hydrogen-bond donors (Lipinski definition) is 5. The molecule has 102 heavy (non-hydrogen) atoms. The van der Waals surface area contributed by atoms with Gasteiger partial charge in [0.15, 0.2) is 5.16 Å². The Balaban J connectivity index is 0.964. The number of nitriles is 1. The van der Waals surface area contributed by atoms with E-state index in [1.807, 2.05) is 53.4 Å². The molecule has 3 aromatic heterocycles. The number of nitrogens with zero attached hydrogens (tertiary/aromatic N) is 17. The lowest BCUT2D eigenvalue weighted by Crippen LogP contribution is -2.36. The molecule has 39 heteroatoms. The minimum absolute atomic E-state index is 0.00848. The zero-order valence-corrected chi connectivity index (χ0v) is 59.3. The number of aliphatic hydroxyl groups is 1. The summed E-state index contributed by atoms with van der Waals surface area (Å²) in [6, 6.07) is 14.7. The van der Waals surface area contributed by atoms with Gasteiger partial charge in [0.2, 0.25) is 28.0 Å². The Kier molecular flexibility index (Phi) is 22.3. The van der Waals surface area contributed by atoms with Gasteiger partial charge in [0.25, 0.3) is 32.1 Å². The van der Waals surface area contributed by atoms with Gasteiger partial charge in [0, 0.05) is 70.2 Å². The number of allylic oxidation sites excluding steroid dienone is 1. The molecule has 4 aliphatic rings. The fraction of sp³-hybridized carbons (Fsp3) is 0.317. The molecule has 2 fully saturated rings. The number of imide groups is 2. The van der Waals surface area contributed by atoms with E-state index in [1.165, 1.54) is 26.4 Å². The van der Waals surface area contributed by atoms with Crippen LogP contribution in [-0.4, -0.2) is 195 Å². The van der Waals surface area contributed by atoms with Crippen molar-refractivity contribution in [3.05, 3.63) is 116 Å². The molecule has 7 aromatic rings. The minimum atomic E-state index is -4.76. The van der Waals surface area contributed by atoms with Gasteiger partial charge in [-0.2, -0.15) is 51.9 Å². The fourth-order valence-corrected chi connectivity index (χ4v) is 14.4. The van der Waals surface area contributed by atoms with Gasteiger partial charge in [-0.15, -0.1) is 20.5 Å². The minimum Gasteiger partial charge on any atom is -0.494 e. The van der Waals surface area contributed by atoms with E-state index >= 15 is 0 Å². The molecule has 2 saturated heterocycles. The third-order valence-electron chi connectivity index (χ3n) is 16.1. The van der Waals surface area contributed by atoms with Gasteiger partial charge < -0.3 is 59.1 Å². The first-order chi connectivity index (χ1) is 49.0. The fourth-order valence-electron chi connectivity index (χ4n) is 11.2. The van der Waals surface area contributed by atoms with Crippen molar-refractivity contribution >= 4 is 158 Å². The Bertz CT molecular complexity index is 4640. The average Bonchev–Trinajstić information content (AvgIpc) is 1.62. The number of thioether (sulfide) groups is 1. The molecule has 0 aliphatic carbocycles. The number of carbonyl (C=O) groups is 4. The maximum atomic E-state index is 13.8. The van der Waals surface area contributed by atoms with Crippen LogP contribution >= 0.6 is 34.4 Å². The molecular formula is C63H63N19O15S5. The van der Waals surface area contributed by atoms with Crippen molar-refractivity contribution in [2.45, 2.75) is 42.6 Å². The molecule has 5 N–H and O–H groups in total. The first-order valence-corrected chi connectivity index (χ1v) is 36.7. The number of nitrogens with one attached hydrogen (secondary N) is 2. The molecule has 11 rings (SSSR count). The van der Waals surface area contributed by atoms with Crippen molar-refractivity contribution in [2.75, 3.05) is 136 Å². The number of aliphatic hydroxyl groups excluding tert-OH is 1. The third-order valence-corrected chi connectivity index (χ3v) is 20.4. The summed E-state index contributed by atoms with van der Waals surface area (Å²) in [6.07, 6.45) is 2.62. The van der Waals surface area contributed by atoms with Crippen LogP contribution in [0.15, 0.2) is 108 Å². The number of hydrogen-bond acceptors (Lipinski definition) is 32. The molecule has 0 atom stereocenters. The molecule has 0 saturated carbocycles. The Morgan fingerprint density at radius 3 is 1.49 bits per heavy atom. The molecule has 7 heterocycles. The van der Waals surface area contributed by atoms with Gasteiger partial charge in [0.1, 0.15) is 46.3 Å². The quantitative estimate of drug-likeness (QED) is 0.00798. The molecule has 0 unspecified atom stereocenters. The number of aromatic nitrogens is 5. The molecule has 4 amide bonds. The second-order valence-corrected chi connectivity index (χ2v) is 27.9. The van der Waals surface area contributed by atoms with Crippen LogP contribution in [0.2, 0.25) is 0 Å². The molecule has 4 aliphatic heterocycles. The van der Waals surface area contributed by atoms with Crippen LogP contribution in [0.4, 0.5) is 67.9 Å². The summed E-state index contributed by atoms with van der Waals surface area (Å²) in [6.45, 7) is 20.9. The van der Waals surface area contributed by atoms with Crippen LogP contribution in [0, 0.1) is 17.9 Å². The number of methoxy groups -OCH3 is 2. The number of azo groups is 2. The molecular weight excluding hydrogens is 1420 g/mol. The largest absolute Gasteiger partial charge is 0.494 e. The van der Waals surface area contributed by atoms with Gasteiger partial charge in [-0.1, -0.05) is 41.0 Å². The van der Waals surface area contributed by atoms with Crippen molar-refractivity contribution in [2.24, 2.45) is 20.5 Å². The van der Waals surface area contributed by atoms with Crippen LogP contribution in [0.1, 0.15) is 78.9 Å². The Hall–Kier alpha value is -10.5. The van der Waals surface area contributed by atoms with E-state index in [9.17, 15) is 55.5 Å². The van der Waals surface area contributed by atoms with E-state index in [4.69, 9.17) is 60.7 Å². The number of thiazole rings is 2. The zero-order valence-electron chi connectivity index (χ0n) is 55.2. The average molecular weight is 1490 g/mol. The van der Waals surface area contributed by atoms with Crippen molar-refractivity contribution < 1.29 is 69.2 Å². The first-order valence-electron chi connectivity index (χ1n) is 31.2. The Morgan fingerprint density at radius 2 is 1.08 bits per heavy atom. The third kappa shape index (κ3) is 15.4. The summed E-state index contributed by atoms with van der Waals surface area (Å²) in [5.74, 6) is -2.52. The molecule has 0 spiro atoms. The van der Waals surface area contributed by atoms with Crippen LogP contribution in [0.5, 0.6) is 11.5 Å². The van der Waals surface area contributed by atoms with Crippen molar-refractivity contribution in [3.63, 3.8) is 0 Å². The van der Waals surface area contributed by atoms with Crippen molar-refractivity contribution in [3.8, 4) is 17.6 Å². The number of ether oxygens (including phenoxy) is 4. The normalized spacial score (nSPS) is 15.2. The maximum absolute atomic E-state index is 13.8. The van der Waals surface area contributed by atoms with Gasteiger partial charge in [-0.05, 0) is 88.4 Å².